The van der Waals surface area contributed by atoms with Crippen LogP contribution >= 0.6 is 0 Å². The average Bonchev–Trinajstić information content (AvgIpc) is 2.52. The van der Waals surface area contributed by atoms with Gasteiger partial charge in [-0.05, 0) is 30.0 Å². The third kappa shape index (κ3) is 5.53. The van der Waals surface area contributed by atoms with Gasteiger partial charge in [-0.3, -0.25) is 0 Å². The Balaban J connectivity index is 1.59. The first-order valence-corrected chi connectivity index (χ1v) is 6.86. The van der Waals surface area contributed by atoms with Gasteiger partial charge in [-0.1, -0.05) is 71.9 Å². The van der Waals surface area contributed by atoms with Crippen LogP contribution in [0.2, 0.25) is 0 Å². The van der Waals surface area contributed by atoms with E-state index in [1.54, 1.807) is 6.21 Å². The second-order valence-corrected chi connectivity index (χ2v) is 4.45. The van der Waals surface area contributed by atoms with Crippen molar-refractivity contribution in [3.05, 3.63) is 77.9 Å². The van der Waals surface area contributed by atoms with Crippen LogP contribution in [0.5, 0.6) is 0 Å². The number of aryl methyl sites for hydroxylation is 1. The summed E-state index contributed by atoms with van der Waals surface area (Å²) in [6.45, 7) is 0.643. The Hall–Kier alpha value is -2.35. The normalized spacial score (nSPS) is 11.2. The molecule has 20 heavy (non-hydrogen) atoms. The van der Waals surface area contributed by atoms with Crippen LogP contribution in [-0.2, 0) is 11.3 Å². The van der Waals surface area contributed by atoms with Crippen molar-refractivity contribution in [3.63, 3.8) is 0 Å². The van der Waals surface area contributed by atoms with Gasteiger partial charge in [-0.25, -0.2) is 0 Å². The molecular weight excluding hydrogens is 246 g/mol. The van der Waals surface area contributed by atoms with Gasteiger partial charge < -0.3 is 4.84 Å². The molecule has 0 N–H and O–H groups in total. The minimum absolute atomic E-state index is 0.643. The maximum absolute atomic E-state index is 5.21. The van der Waals surface area contributed by atoms with Crippen LogP contribution in [0.4, 0.5) is 0 Å². The molecule has 0 atom stereocenters. The first-order chi connectivity index (χ1) is 9.95. The fraction of sp³-hybridized carbons (Fsp3) is 0.167. The number of hydrogen-bond donors (Lipinski definition) is 0. The SMILES string of the molecule is C(=Cc1ccccc1)C=NOCCCc1ccccc1. The number of rotatable bonds is 7. The summed E-state index contributed by atoms with van der Waals surface area (Å²) in [5.41, 5.74) is 2.49. The minimum Gasteiger partial charge on any atom is -0.396 e. The summed E-state index contributed by atoms with van der Waals surface area (Å²) in [6, 6.07) is 20.5. The number of oxime groups is 1. The highest BCUT2D eigenvalue weighted by atomic mass is 16.6. The maximum Gasteiger partial charge on any atom is 0.117 e. The fourth-order valence-electron chi connectivity index (χ4n) is 1.83. The Kier molecular flexibility index (Phi) is 6.12. The molecular formula is C18H19NO. The molecule has 0 aliphatic rings. The Morgan fingerprint density at radius 1 is 0.900 bits per heavy atom. The molecule has 2 aromatic rings. The number of allylic oxidation sites excluding steroid dienone is 1. The highest BCUT2D eigenvalue weighted by Gasteiger charge is 1.91. The lowest BCUT2D eigenvalue weighted by atomic mass is 10.1. The molecule has 0 fully saturated rings. The van der Waals surface area contributed by atoms with E-state index in [1.807, 2.05) is 48.6 Å². The summed E-state index contributed by atoms with van der Waals surface area (Å²) in [5, 5.41) is 3.91. The van der Waals surface area contributed by atoms with Crippen molar-refractivity contribution in [2.45, 2.75) is 12.8 Å². The van der Waals surface area contributed by atoms with Gasteiger partial charge in [0.05, 0.1) is 6.21 Å². The van der Waals surface area contributed by atoms with Crippen LogP contribution in [-0.4, -0.2) is 12.8 Å². The number of hydrogen-bond acceptors (Lipinski definition) is 2. The fourth-order valence-corrected chi connectivity index (χ4v) is 1.83. The second kappa shape index (κ2) is 8.70. The third-order valence-corrected chi connectivity index (χ3v) is 2.85. The Bertz CT molecular complexity index is 532. The number of benzene rings is 2. The summed E-state index contributed by atoms with van der Waals surface area (Å²) >= 11 is 0. The summed E-state index contributed by atoms with van der Waals surface area (Å²) in [6.07, 6.45) is 7.55. The molecule has 0 radical (unpaired) electrons. The van der Waals surface area contributed by atoms with Crippen LogP contribution in [0.1, 0.15) is 17.5 Å². The van der Waals surface area contributed by atoms with E-state index in [0.717, 1.165) is 18.4 Å². The highest BCUT2D eigenvalue weighted by Crippen LogP contribution is 2.02. The second-order valence-electron chi connectivity index (χ2n) is 4.45. The Morgan fingerprint density at radius 3 is 2.35 bits per heavy atom. The molecule has 2 rings (SSSR count). The van der Waals surface area contributed by atoms with Crippen molar-refractivity contribution in [2.75, 3.05) is 6.61 Å². The quantitative estimate of drug-likeness (QED) is 0.414. The van der Waals surface area contributed by atoms with E-state index in [-0.39, 0.29) is 0 Å². The third-order valence-electron chi connectivity index (χ3n) is 2.85. The van der Waals surface area contributed by atoms with E-state index in [4.69, 9.17) is 4.84 Å². The van der Waals surface area contributed by atoms with Crippen molar-refractivity contribution in [1.29, 1.82) is 0 Å². The molecule has 0 aliphatic carbocycles. The van der Waals surface area contributed by atoms with E-state index in [9.17, 15) is 0 Å². The summed E-state index contributed by atoms with van der Waals surface area (Å²) < 4.78 is 0. The molecule has 0 bridgehead atoms. The molecule has 0 unspecified atom stereocenters. The van der Waals surface area contributed by atoms with E-state index in [0.29, 0.717) is 6.61 Å². The van der Waals surface area contributed by atoms with Crippen molar-refractivity contribution in [2.24, 2.45) is 5.16 Å². The van der Waals surface area contributed by atoms with Gasteiger partial charge in [0.2, 0.25) is 0 Å². The smallest absolute Gasteiger partial charge is 0.117 e. The van der Waals surface area contributed by atoms with Gasteiger partial charge in [0.25, 0.3) is 0 Å². The van der Waals surface area contributed by atoms with E-state index >= 15 is 0 Å². The lowest BCUT2D eigenvalue weighted by Gasteiger charge is -1.99. The lowest BCUT2D eigenvalue weighted by Crippen LogP contribution is -1.92. The predicted octanol–water partition coefficient (Wildman–Crippen LogP) is 4.34. The molecule has 0 saturated carbocycles. The molecule has 2 nitrogen and oxygen atoms in total. The van der Waals surface area contributed by atoms with Crippen molar-refractivity contribution in [3.8, 4) is 0 Å². The monoisotopic (exact) mass is 265 g/mol. The van der Waals surface area contributed by atoms with Gasteiger partial charge >= 0.3 is 0 Å². The van der Waals surface area contributed by atoms with Gasteiger partial charge in [0.15, 0.2) is 0 Å². The summed E-state index contributed by atoms with van der Waals surface area (Å²) in [4.78, 5) is 5.21. The van der Waals surface area contributed by atoms with E-state index in [1.165, 1.54) is 5.56 Å². The predicted molar refractivity (Wildman–Crippen MR) is 84.7 cm³/mol. The molecule has 2 aromatic carbocycles. The minimum atomic E-state index is 0.643. The van der Waals surface area contributed by atoms with E-state index < -0.39 is 0 Å². The first-order valence-electron chi connectivity index (χ1n) is 6.86. The molecule has 0 aromatic heterocycles. The molecule has 2 heteroatoms. The van der Waals surface area contributed by atoms with Crippen molar-refractivity contribution < 1.29 is 4.84 Å². The van der Waals surface area contributed by atoms with Gasteiger partial charge in [0, 0.05) is 0 Å². The average molecular weight is 265 g/mol. The number of nitrogens with zero attached hydrogens (tertiary/aromatic N) is 1. The lowest BCUT2D eigenvalue weighted by molar-refractivity contribution is 0.143. The maximum atomic E-state index is 5.21. The summed E-state index contributed by atoms with van der Waals surface area (Å²) in [7, 11) is 0. The standard InChI is InChI=1S/C18H19NO/c1-3-9-17(10-4-1)13-7-15-19-20-16-8-14-18-11-5-2-6-12-18/h1-7,9-13,15H,8,14,16H2. The molecule has 0 amide bonds. The zero-order valence-corrected chi connectivity index (χ0v) is 11.5. The van der Waals surface area contributed by atoms with E-state index in [2.05, 4.69) is 29.4 Å². The zero-order chi connectivity index (χ0) is 13.9. The van der Waals surface area contributed by atoms with Crippen molar-refractivity contribution >= 4 is 12.3 Å². The highest BCUT2D eigenvalue weighted by molar-refractivity contribution is 5.77. The Labute approximate surface area is 120 Å². The van der Waals surface area contributed by atoms with Gasteiger partial charge in [-0.2, -0.15) is 0 Å². The molecule has 102 valence electrons. The van der Waals surface area contributed by atoms with Crippen LogP contribution in [0, 0.1) is 0 Å². The zero-order valence-electron chi connectivity index (χ0n) is 11.5. The molecule has 0 aliphatic heterocycles. The molecule has 0 heterocycles. The van der Waals surface area contributed by atoms with Crippen LogP contribution < -0.4 is 0 Å². The largest absolute Gasteiger partial charge is 0.396 e. The van der Waals surface area contributed by atoms with Crippen LogP contribution in [0.25, 0.3) is 6.08 Å². The van der Waals surface area contributed by atoms with Crippen LogP contribution in [0.3, 0.4) is 0 Å². The van der Waals surface area contributed by atoms with Crippen LogP contribution in [0.15, 0.2) is 71.9 Å². The topological polar surface area (TPSA) is 21.6 Å². The first kappa shape index (κ1) is 14.1. The van der Waals surface area contributed by atoms with Gasteiger partial charge in [-0.15, -0.1) is 0 Å². The molecule has 0 saturated heterocycles. The molecule has 0 spiro atoms. The van der Waals surface area contributed by atoms with Crippen molar-refractivity contribution in [1.82, 2.24) is 0 Å². The summed E-state index contributed by atoms with van der Waals surface area (Å²) in [5.74, 6) is 0. The van der Waals surface area contributed by atoms with Gasteiger partial charge in [0.1, 0.15) is 6.61 Å². The Morgan fingerprint density at radius 2 is 1.60 bits per heavy atom.